The number of fused-ring (bicyclic) bond motifs is 1. The normalized spacial score (nSPS) is 22.4. The number of nitrogens with one attached hydrogen (secondary N) is 1. The summed E-state index contributed by atoms with van der Waals surface area (Å²) in [5.74, 6) is 1.07. The maximum atomic E-state index is 6.13. The van der Waals surface area contributed by atoms with Crippen molar-refractivity contribution < 1.29 is 4.74 Å². The Kier molecular flexibility index (Phi) is 4.10. The zero-order valence-electron chi connectivity index (χ0n) is 10.7. The van der Waals surface area contributed by atoms with Crippen molar-refractivity contribution in [1.82, 2.24) is 5.32 Å². The molecule has 1 aliphatic rings. The van der Waals surface area contributed by atoms with Gasteiger partial charge in [0.2, 0.25) is 0 Å². The lowest BCUT2D eigenvalue weighted by molar-refractivity contribution is 0.178. The van der Waals surface area contributed by atoms with E-state index in [2.05, 4.69) is 54.2 Å². The van der Waals surface area contributed by atoms with E-state index < -0.39 is 0 Å². The monoisotopic (exact) mass is 297 g/mol. The lowest BCUT2D eigenvalue weighted by Crippen LogP contribution is -2.30. The molecule has 17 heavy (non-hydrogen) atoms. The van der Waals surface area contributed by atoms with Gasteiger partial charge in [-0.1, -0.05) is 42.3 Å². The van der Waals surface area contributed by atoms with Crippen LogP contribution in [0.3, 0.4) is 0 Å². The van der Waals surface area contributed by atoms with Gasteiger partial charge in [0.25, 0.3) is 0 Å². The van der Waals surface area contributed by atoms with E-state index in [1.54, 1.807) is 0 Å². The van der Waals surface area contributed by atoms with Crippen LogP contribution in [0.25, 0.3) is 0 Å². The van der Waals surface area contributed by atoms with E-state index >= 15 is 0 Å². The smallest absolute Gasteiger partial charge is 0.128 e. The lowest BCUT2D eigenvalue weighted by Gasteiger charge is -2.19. The van der Waals surface area contributed by atoms with Crippen molar-refractivity contribution in [1.29, 1.82) is 0 Å². The number of benzene rings is 1. The number of aryl methyl sites for hydroxylation is 1. The Morgan fingerprint density at radius 1 is 1.35 bits per heavy atom. The quantitative estimate of drug-likeness (QED) is 0.908. The molecule has 3 heteroatoms. The summed E-state index contributed by atoms with van der Waals surface area (Å²) in [7, 11) is 0. The molecule has 2 rings (SSSR count). The highest BCUT2D eigenvalue weighted by Crippen LogP contribution is 2.44. The van der Waals surface area contributed by atoms with Crippen LogP contribution in [0.2, 0.25) is 0 Å². The SMILES string of the molecule is CCCC1Oc2c(C)ccc(Br)c2C1NCC. The van der Waals surface area contributed by atoms with Gasteiger partial charge >= 0.3 is 0 Å². The Balaban J connectivity index is 2.39. The predicted octanol–water partition coefficient (Wildman–Crippen LogP) is 3.97. The molecule has 1 aliphatic heterocycles. The largest absolute Gasteiger partial charge is 0.488 e. The van der Waals surface area contributed by atoms with Crippen LogP contribution in [0.15, 0.2) is 16.6 Å². The second kappa shape index (κ2) is 5.40. The van der Waals surface area contributed by atoms with Gasteiger partial charge in [-0.25, -0.2) is 0 Å². The topological polar surface area (TPSA) is 21.3 Å². The van der Waals surface area contributed by atoms with Crippen LogP contribution in [-0.4, -0.2) is 12.6 Å². The molecule has 0 bridgehead atoms. The molecule has 1 aromatic carbocycles. The number of rotatable bonds is 4. The van der Waals surface area contributed by atoms with Crippen LogP contribution < -0.4 is 10.1 Å². The maximum Gasteiger partial charge on any atom is 0.128 e. The molecule has 1 aromatic rings. The summed E-state index contributed by atoms with van der Waals surface area (Å²) in [6.45, 7) is 7.43. The fourth-order valence-electron chi connectivity index (χ4n) is 2.50. The molecule has 0 aliphatic carbocycles. The van der Waals surface area contributed by atoms with Gasteiger partial charge in [-0.2, -0.15) is 0 Å². The molecule has 0 aromatic heterocycles. The second-order valence-corrected chi connectivity index (χ2v) is 5.44. The van der Waals surface area contributed by atoms with Gasteiger partial charge < -0.3 is 10.1 Å². The lowest BCUT2D eigenvalue weighted by atomic mass is 9.99. The number of likely N-dealkylation sites (N-methyl/N-ethyl adjacent to an activating group) is 1. The molecule has 0 amide bonds. The van der Waals surface area contributed by atoms with Gasteiger partial charge in [0.05, 0.1) is 6.04 Å². The third-order valence-corrected chi connectivity index (χ3v) is 3.98. The van der Waals surface area contributed by atoms with E-state index in [1.165, 1.54) is 11.1 Å². The van der Waals surface area contributed by atoms with Gasteiger partial charge in [-0.15, -0.1) is 0 Å². The van der Waals surface area contributed by atoms with Gasteiger partial charge in [0.1, 0.15) is 11.9 Å². The third-order valence-electron chi connectivity index (χ3n) is 3.29. The van der Waals surface area contributed by atoms with Crippen molar-refractivity contribution >= 4 is 15.9 Å². The summed E-state index contributed by atoms with van der Waals surface area (Å²) in [5.41, 5.74) is 2.52. The van der Waals surface area contributed by atoms with E-state index in [1.807, 2.05) is 0 Å². The zero-order valence-corrected chi connectivity index (χ0v) is 12.3. The first-order valence-corrected chi connectivity index (χ1v) is 7.17. The predicted molar refractivity (Wildman–Crippen MR) is 74.6 cm³/mol. The Morgan fingerprint density at radius 3 is 2.76 bits per heavy atom. The fraction of sp³-hybridized carbons (Fsp3) is 0.571. The maximum absolute atomic E-state index is 6.13. The number of hydrogen-bond donors (Lipinski definition) is 1. The van der Waals surface area contributed by atoms with E-state index in [-0.39, 0.29) is 6.10 Å². The third kappa shape index (κ3) is 2.36. The van der Waals surface area contributed by atoms with Crippen molar-refractivity contribution in [2.24, 2.45) is 0 Å². The Morgan fingerprint density at radius 2 is 2.12 bits per heavy atom. The first kappa shape index (κ1) is 12.9. The minimum absolute atomic E-state index is 0.271. The van der Waals surface area contributed by atoms with Crippen LogP contribution in [0.5, 0.6) is 5.75 Å². The zero-order chi connectivity index (χ0) is 12.4. The van der Waals surface area contributed by atoms with Crippen molar-refractivity contribution in [2.45, 2.75) is 45.8 Å². The molecule has 2 atom stereocenters. The molecular formula is C14H20BrNO. The molecule has 0 spiro atoms. The van der Waals surface area contributed by atoms with Crippen LogP contribution in [-0.2, 0) is 0 Å². The summed E-state index contributed by atoms with van der Waals surface area (Å²) < 4.78 is 7.29. The molecular weight excluding hydrogens is 278 g/mol. The highest BCUT2D eigenvalue weighted by atomic mass is 79.9. The Bertz CT molecular complexity index is 405. The number of hydrogen-bond acceptors (Lipinski definition) is 2. The van der Waals surface area contributed by atoms with E-state index in [4.69, 9.17) is 4.74 Å². The van der Waals surface area contributed by atoms with Gasteiger partial charge in [0.15, 0.2) is 0 Å². The summed E-state index contributed by atoms with van der Waals surface area (Å²) in [5, 5.41) is 3.55. The van der Waals surface area contributed by atoms with Crippen LogP contribution in [0.4, 0.5) is 0 Å². The van der Waals surface area contributed by atoms with Crippen molar-refractivity contribution in [3.8, 4) is 5.75 Å². The van der Waals surface area contributed by atoms with Crippen molar-refractivity contribution in [3.05, 3.63) is 27.7 Å². The molecule has 1 N–H and O–H groups in total. The first-order valence-electron chi connectivity index (χ1n) is 6.38. The number of halogens is 1. The molecule has 2 unspecified atom stereocenters. The summed E-state index contributed by atoms with van der Waals surface area (Å²) in [6.07, 6.45) is 2.52. The fourth-order valence-corrected chi connectivity index (χ4v) is 3.06. The molecule has 0 radical (unpaired) electrons. The minimum atomic E-state index is 0.271. The Hall–Kier alpha value is -0.540. The molecule has 0 fully saturated rings. The highest BCUT2D eigenvalue weighted by Gasteiger charge is 2.35. The van der Waals surface area contributed by atoms with Crippen molar-refractivity contribution in [2.75, 3.05) is 6.54 Å². The van der Waals surface area contributed by atoms with Gasteiger partial charge in [-0.3, -0.25) is 0 Å². The minimum Gasteiger partial charge on any atom is -0.488 e. The summed E-state index contributed by atoms with van der Waals surface area (Å²) in [4.78, 5) is 0. The molecule has 1 heterocycles. The Labute approximate surface area is 112 Å². The van der Waals surface area contributed by atoms with Gasteiger partial charge in [0, 0.05) is 10.0 Å². The summed E-state index contributed by atoms with van der Waals surface area (Å²) in [6, 6.07) is 4.56. The van der Waals surface area contributed by atoms with Crippen molar-refractivity contribution in [3.63, 3.8) is 0 Å². The molecule has 0 saturated carbocycles. The van der Waals surface area contributed by atoms with E-state index in [9.17, 15) is 0 Å². The average molecular weight is 298 g/mol. The van der Waals surface area contributed by atoms with Crippen LogP contribution >= 0.6 is 15.9 Å². The molecule has 0 saturated heterocycles. The second-order valence-electron chi connectivity index (χ2n) is 4.59. The average Bonchev–Trinajstić information content (AvgIpc) is 2.66. The molecule has 2 nitrogen and oxygen atoms in total. The van der Waals surface area contributed by atoms with E-state index in [0.717, 1.165) is 29.6 Å². The standard InChI is InChI=1S/C14H20BrNO/c1-4-6-11-13(16-5-2)12-10(15)8-7-9(3)14(12)17-11/h7-8,11,13,16H,4-6H2,1-3H3. The first-order chi connectivity index (χ1) is 8.19. The number of ether oxygens (including phenoxy) is 1. The van der Waals surface area contributed by atoms with Gasteiger partial charge in [-0.05, 0) is 31.5 Å². The highest BCUT2D eigenvalue weighted by molar-refractivity contribution is 9.10. The van der Waals surface area contributed by atoms with Crippen LogP contribution in [0, 0.1) is 6.92 Å². The summed E-state index contributed by atoms with van der Waals surface area (Å²) >= 11 is 3.65. The van der Waals surface area contributed by atoms with E-state index in [0.29, 0.717) is 6.04 Å². The van der Waals surface area contributed by atoms with Crippen LogP contribution in [0.1, 0.15) is 43.9 Å². The molecule has 94 valence electrons.